The number of rotatable bonds is 13. The Labute approximate surface area is 217 Å². The molecule has 1 heterocycles. The third kappa shape index (κ3) is 8.56. The van der Waals surface area contributed by atoms with Crippen LogP contribution in [-0.2, 0) is 16.1 Å². The lowest BCUT2D eigenvalue weighted by atomic mass is 10.0. The quantitative estimate of drug-likeness (QED) is 0.315. The van der Waals surface area contributed by atoms with Crippen molar-refractivity contribution in [3.63, 3.8) is 0 Å². The number of nitrogens with zero attached hydrogens (tertiary/aromatic N) is 2. The van der Waals surface area contributed by atoms with Gasteiger partial charge < -0.3 is 19.8 Å². The normalized spacial score (nSPS) is 12.5. The lowest BCUT2D eigenvalue weighted by Gasteiger charge is -2.23. The molecule has 0 aliphatic carbocycles. The van der Waals surface area contributed by atoms with E-state index in [2.05, 4.69) is 20.8 Å². The Morgan fingerprint density at radius 3 is 2.24 bits per heavy atom. The van der Waals surface area contributed by atoms with Gasteiger partial charge in [-0.25, -0.2) is 4.79 Å². The highest BCUT2D eigenvalue weighted by molar-refractivity contribution is 5.99. The molecule has 0 unspecified atom stereocenters. The summed E-state index contributed by atoms with van der Waals surface area (Å²) in [5.74, 6) is -0.769. The number of carbonyl (C=O) groups is 3. The number of benzene rings is 2. The van der Waals surface area contributed by atoms with Crippen LogP contribution >= 0.6 is 0 Å². The third-order valence-electron chi connectivity index (χ3n) is 5.66. The molecular formula is C28H34N4O5. The van der Waals surface area contributed by atoms with Crippen molar-refractivity contribution in [2.24, 2.45) is 5.92 Å². The van der Waals surface area contributed by atoms with Gasteiger partial charge in [0.05, 0.1) is 6.04 Å². The number of amides is 2. The van der Waals surface area contributed by atoms with Crippen LogP contribution in [0.25, 0.3) is 11.5 Å². The highest BCUT2D eigenvalue weighted by atomic mass is 16.5. The lowest BCUT2D eigenvalue weighted by molar-refractivity contribution is -0.124. The molecule has 3 rings (SSSR count). The van der Waals surface area contributed by atoms with Crippen molar-refractivity contribution in [2.45, 2.75) is 65.1 Å². The van der Waals surface area contributed by atoms with Crippen LogP contribution < -0.4 is 10.6 Å². The molecule has 9 heteroatoms. The largest absolute Gasteiger partial charge is 0.445 e. The molecule has 0 fully saturated rings. The molecule has 37 heavy (non-hydrogen) atoms. The summed E-state index contributed by atoms with van der Waals surface area (Å²) in [7, 11) is 0. The number of ketones is 1. The summed E-state index contributed by atoms with van der Waals surface area (Å²) in [6.07, 6.45) is 1.61. The van der Waals surface area contributed by atoms with Gasteiger partial charge in [0, 0.05) is 5.56 Å². The zero-order valence-corrected chi connectivity index (χ0v) is 21.5. The number of Topliss-reactive ketones (excluding diaryl/α,β-unsaturated/α-hetero) is 1. The summed E-state index contributed by atoms with van der Waals surface area (Å²) >= 11 is 0. The maximum absolute atomic E-state index is 13.2. The Kier molecular flexibility index (Phi) is 10.4. The Hall–Kier alpha value is -4.01. The fourth-order valence-electron chi connectivity index (χ4n) is 3.73. The SMILES string of the molecule is CCCC[C@H](NC(=O)[C@H](CC(C)C)NC(=O)OCc1ccccc1)C(=O)c1nnc(-c2ccccc2)o1. The van der Waals surface area contributed by atoms with E-state index in [-0.39, 0.29) is 24.3 Å². The average Bonchev–Trinajstić information content (AvgIpc) is 3.40. The summed E-state index contributed by atoms with van der Waals surface area (Å²) in [6.45, 7) is 5.97. The molecule has 196 valence electrons. The lowest BCUT2D eigenvalue weighted by Crippen LogP contribution is -2.52. The van der Waals surface area contributed by atoms with E-state index < -0.39 is 29.9 Å². The van der Waals surface area contributed by atoms with E-state index in [1.54, 1.807) is 12.1 Å². The summed E-state index contributed by atoms with van der Waals surface area (Å²) in [4.78, 5) is 38.9. The summed E-state index contributed by atoms with van der Waals surface area (Å²) in [5.41, 5.74) is 1.53. The van der Waals surface area contributed by atoms with Crippen molar-refractivity contribution in [1.82, 2.24) is 20.8 Å². The first-order valence-electron chi connectivity index (χ1n) is 12.6. The van der Waals surface area contributed by atoms with E-state index >= 15 is 0 Å². The molecule has 9 nitrogen and oxygen atoms in total. The molecule has 2 amide bonds. The molecule has 3 aromatic rings. The van der Waals surface area contributed by atoms with Crippen molar-refractivity contribution in [1.29, 1.82) is 0 Å². The number of nitrogens with one attached hydrogen (secondary N) is 2. The van der Waals surface area contributed by atoms with E-state index in [1.165, 1.54) is 0 Å². The first-order valence-corrected chi connectivity index (χ1v) is 12.6. The average molecular weight is 507 g/mol. The second kappa shape index (κ2) is 13.9. The maximum Gasteiger partial charge on any atom is 0.408 e. The van der Waals surface area contributed by atoms with Gasteiger partial charge in [-0.1, -0.05) is 82.1 Å². The van der Waals surface area contributed by atoms with Gasteiger partial charge in [-0.2, -0.15) is 0 Å². The first-order chi connectivity index (χ1) is 17.9. The van der Waals surface area contributed by atoms with Gasteiger partial charge in [0.2, 0.25) is 17.6 Å². The van der Waals surface area contributed by atoms with Crippen molar-refractivity contribution >= 4 is 17.8 Å². The van der Waals surface area contributed by atoms with Crippen molar-refractivity contribution < 1.29 is 23.5 Å². The number of hydrogen-bond donors (Lipinski definition) is 2. The van der Waals surface area contributed by atoms with Gasteiger partial charge in [0.25, 0.3) is 5.89 Å². The van der Waals surface area contributed by atoms with Crippen LogP contribution in [0, 0.1) is 5.92 Å². The van der Waals surface area contributed by atoms with Crippen LogP contribution in [0.4, 0.5) is 4.79 Å². The standard InChI is InChI=1S/C28H34N4O5/c1-4-5-16-22(24(33)27-32-31-26(37-27)21-14-10-7-11-15-21)29-25(34)23(17-19(2)3)30-28(35)36-18-20-12-8-6-9-13-20/h6-15,19,22-23H,4-5,16-18H2,1-3H3,(H,29,34)(H,30,35)/t22-,23-/m0/s1. The number of aromatic nitrogens is 2. The van der Waals surface area contributed by atoms with Gasteiger partial charge in [-0.3, -0.25) is 9.59 Å². The zero-order chi connectivity index (χ0) is 26.6. The second-order valence-corrected chi connectivity index (χ2v) is 9.23. The summed E-state index contributed by atoms with van der Waals surface area (Å²) in [6, 6.07) is 16.7. The zero-order valence-electron chi connectivity index (χ0n) is 21.5. The highest BCUT2D eigenvalue weighted by Crippen LogP contribution is 2.19. The fourth-order valence-corrected chi connectivity index (χ4v) is 3.73. The van der Waals surface area contributed by atoms with Gasteiger partial charge in [0.15, 0.2) is 0 Å². The number of hydrogen-bond acceptors (Lipinski definition) is 7. The van der Waals surface area contributed by atoms with E-state index in [0.717, 1.165) is 12.0 Å². The van der Waals surface area contributed by atoms with E-state index in [4.69, 9.17) is 9.15 Å². The minimum atomic E-state index is -0.872. The molecule has 1 aromatic heterocycles. The Morgan fingerprint density at radius 1 is 0.919 bits per heavy atom. The maximum atomic E-state index is 13.2. The van der Waals surface area contributed by atoms with Gasteiger partial charge in [0.1, 0.15) is 12.6 Å². The first kappa shape index (κ1) is 27.6. The molecule has 0 radical (unpaired) electrons. The molecule has 0 saturated carbocycles. The second-order valence-electron chi connectivity index (χ2n) is 9.23. The van der Waals surface area contributed by atoms with Gasteiger partial charge in [-0.15, -0.1) is 10.2 Å². The van der Waals surface area contributed by atoms with Crippen molar-refractivity contribution in [3.8, 4) is 11.5 Å². The molecule has 0 spiro atoms. The number of carbonyl (C=O) groups excluding carboxylic acids is 3. The van der Waals surface area contributed by atoms with Crippen LogP contribution in [0.3, 0.4) is 0 Å². The van der Waals surface area contributed by atoms with Gasteiger partial charge >= 0.3 is 6.09 Å². The molecule has 0 saturated heterocycles. The minimum absolute atomic E-state index is 0.0845. The van der Waals surface area contributed by atoms with E-state index in [9.17, 15) is 14.4 Å². The molecule has 0 aliphatic heterocycles. The van der Waals surface area contributed by atoms with Crippen LogP contribution in [0.5, 0.6) is 0 Å². The summed E-state index contributed by atoms with van der Waals surface area (Å²) < 4.78 is 10.9. The molecular weight excluding hydrogens is 472 g/mol. The minimum Gasteiger partial charge on any atom is -0.445 e. The van der Waals surface area contributed by atoms with Crippen molar-refractivity contribution in [3.05, 3.63) is 72.1 Å². The van der Waals surface area contributed by atoms with E-state index in [1.807, 2.05) is 69.3 Å². The van der Waals surface area contributed by atoms with Crippen molar-refractivity contribution in [2.75, 3.05) is 0 Å². The van der Waals surface area contributed by atoms with Crippen LogP contribution in [0.15, 0.2) is 65.1 Å². The summed E-state index contributed by atoms with van der Waals surface area (Å²) in [5, 5.41) is 13.3. The van der Waals surface area contributed by atoms with E-state index in [0.29, 0.717) is 24.8 Å². The predicted octanol–water partition coefficient (Wildman–Crippen LogP) is 4.94. The third-order valence-corrected chi connectivity index (χ3v) is 5.66. The molecule has 0 aliphatic rings. The fraction of sp³-hybridized carbons (Fsp3) is 0.393. The molecule has 2 N–H and O–H groups in total. The number of alkyl carbamates (subject to hydrolysis) is 1. The Balaban J connectivity index is 1.68. The van der Waals surface area contributed by atoms with Crippen LogP contribution in [0.1, 0.15) is 62.7 Å². The monoisotopic (exact) mass is 506 g/mol. The van der Waals surface area contributed by atoms with Crippen LogP contribution in [0.2, 0.25) is 0 Å². The van der Waals surface area contributed by atoms with Crippen LogP contribution in [-0.4, -0.2) is 40.1 Å². The number of ether oxygens (including phenoxy) is 1. The molecule has 2 aromatic carbocycles. The van der Waals surface area contributed by atoms with Gasteiger partial charge in [-0.05, 0) is 36.5 Å². The Morgan fingerprint density at radius 2 is 1.59 bits per heavy atom. The number of unbranched alkanes of at least 4 members (excludes halogenated alkanes) is 1. The predicted molar refractivity (Wildman–Crippen MR) is 139 cm³/mol. The Bertz CT molecular complexity index is 1150. The highest BCUT2D eigenvalue weighted by Gasteiger charge is 2.30. The smallest absolute Gasteiger partial charge is 0.408 e. The molecule has 2 atom stereocenters. The molecule has 0 bridgehead atoms. The topological polar surface area (TPSA) is 123 Å².